The Morgan fingerprint density at radius 1 is 1.03 bits per heavy atom. The van der Waals surface area contributed by atoms with E-state index in [1.807, 2.05) is 42.2 Å². The van der Waals surface area contributed by atoms with Crippen molar-refractivity contribution in [3.05, 3.63) is 66.0 Å². The van der Waals surface area contributed by atoms with E-state index in [0.29, 0.717) is 39.1 Å². The van der Waals surface area contributed by atoms with Gasteiger partial charge in [-0.2, -0.15) is 0 Å². The minimum Gasteiger partial charge on any atom is -0.355 e. The molecule has 1 N–H and O–H groups in total. The number of amides is 3. The van der Waals surface area contributed by atoms with Crippen LogP contribution < -0.4 is 10.2 Å². The van der Waals surface area contributed by atoms with Gasteiger partial charge in [-0.3, -0.25) is 14.4 Å². The molecule has 0 bridgehead atoms. The highest BCUT2D eigenvalue weighted by Crippen LogP contribution is 2.39. The van der Waals surface area contributed by atoms with Gasteiger partial charge < -0.3 is 20.0 Å². The number of likely N-dealkylation sites (tertiary alicyclic amines) is 1. The lowest BCUT2D eigenvalue weighted by Gasteiger charge is -2.43. The van der Waals surface area contributed by atoms with Crippen molar-refractivity contribution in [3.8, 4) is 0 Å². The number of carbonyl (C=O) groups is 3. The zero-order valence-corrected chi connectivity index (χ0v) is 18.1. The Morgan fingerprint density at radius 3 is 2.34 bits per heavy atom. The van der Waals surface area contributed by atoms with E-state index in [1.54, 1.807) is 21.9 Å². The second-order valence-corrected chi connectivity index (χ2v) is 8.17. The van der Waals surface area contributed by atoms with Gasteiger partial charge in [-0.05, 0) is 44.0 Å². The summed E-state index contributed by atoms with van der Waals surface area (Å²) in [6.45, 7) is 3.30. The van der Waals surface area contributed by atoms with Crippen LogP contribution >= 0.6 is 0 Å². The van der Waals surface area contributed by atoms with Crippen LogP contribution in [0.3, 0.4) is 0 Å². The second kappa shape index (κ2) is 8.98. The number of likely N-dealkylation sites (N-methyl/N-ethyl adjacent to an activating group) is 1. The van der Waals surface area contributed by atoms with Crippen LogP contribution in [0.25, 0.3) is 0 Å². The standard InChI is InChI=1S/C24H27FN4O3/c1-2-26-21(30)16-28-17-29(18-8-4-3-5-9-18)24(23(28)32)12-14-27(15-13-24)22(31)19-10-6-7-11-20(19)25/h3-11H,2,12-17H2,1H3,(H,26,30). The quantitative estimate of drug-likeness (QED) is 0.777. The Morgan fingerprint density at radius 2 is 1.69 bits per heavy atom. The molecule has 2 fully saturated rings. The average molecular weight is 439 g/mol. The van der Waals surface area contributed by atoms with Crippen LogP contribution in [0.15, 0.2) is 54.6 Å². The summed E-state index contributed by atoms with van der Waals surface area (Å²) in [7, 11) is 0. The molecule has 0 unspecified atom stereocenters. The summed E-state index contributed by atoms with van der Waals surface area (Å²) in [6.07, 6.45) is 0.819. The highest BCUT2D eigenvalue weighted by molar-refractivity contribution is 5.97. The fourth-order valence-electron chi connectivity index (χ4n) is 4.63. The first-order valence-electron chi connectivity index (χ1n) is 10.9. The van der Waals surface area contributed by atoms with Crippen LogP contribution in [0, 0.1) is 5.82 Å². The van der Waals surface area contributed by atoms with Crippen LogP contribution in [0.2, 0.25) is 0 Å². The molecule has 7 nitrogen and oxygen atoms in total. The maximum Gasteiger partial charge on any atom is 0.256 e. The molecule has 2 saturated heterocycles. The Kier molecular flexibility index (Phi) is 6.12. The number of carbonyl (C=O) groups excluding carboxylic acids is 3. The Bertz CT molecular complexity index is 1010. The zero-order valence-electron chi connectivity index (χ0n) is 18.1. The van der Waals surface area contributed by atoms with Gasteiger partial charge in [-0.1, -0.05) is 30.3 Å². The van der Waals surface area contributed by atoms with Crippen LogP contribution in [-0.2, 0) is 9.59 Å². The molecule has 2 heterocycles. The van der Waals surface area contributed by atoms with Crippen molar-refractivity contribution in [1.29, 1.82) is 0 Å². The van der Waals surface area contributed by atoms with Crippen LogP contribution in [0.1, 0.15) is 30.1 Å². The Balaban J connectivity index is 1.57. The van der Waals surface area contributed by atoms with E-state index in [4.69, 9.17) is 0 Å². The second-order valence-electron chi connectivity index (χ2n) is 8.17. The first-order chi connectivity index (χ1) is 15.5. The van der Waals surface area contributed by atoms with E-state index >= 15 is 0 Å². The topological polar surface area (TPSA) is 73.0 Å². The molecule has 0 aliphatic carbocycles. The summed E-state index contributed by atoms with van der Waals surface area (Å²) in [5.74, 6) is -1.22. The minimum absolute atomic E-state index is 0.00434. The first-order valence-corrected chi connectivity index (χ1v) is 10.9. The minimum atomic E-state index is -0.833. The number of halogens is 1. The van der Waals surface area contributed by atoms with E-state index in [9.17, 15) is 18.8 Å². The normalized spacial score (nSPS) is 17.7. The van der Waals surface area contributed by atoms with E-state index in [0.717, 1.165) is 5.69 Å². The van der Waals surface area contributed by atoms with Crippen molar-refractivity contribution in [2.45, 2.75) is 25.3 Å². The third-order valence-corrected chi connectivity index (χ3v) is 6.27. The average Bonchev–Trinajstić information content (AvgIpc) is 3.06. The summed E-state index contributed by atoms with van der Waals surface area (Å²) < 4.78 is 14.1. The lowest BCUT2D eigenvalue weighted by atomic mass is 9.85. The molecular weight excluding hydrogens is 411 g/mol. The number of hydrogen-bond donors (Lipinski definition) is 1. The smallest absolute Gasteiger partial charge is 0.256 e. The zero-order chi connectivity index (χ0) is 22.7. The van der Waals surface area contributed by atoms with Crippen LogP contribution in [0.4, 0.5) is 10.1 Å². The summed E-state index contributed by atoms with van der Waals surface area (Å²) >= 11 is 0. The maximum atomic E-state index is 14.1. The number of nitrogens with one attached hydrogen (secondary N) is 1. The molecule has 0 radical (unpaired) electrons. The van der Waals surface area contributed by atoms with Gasteiger partial charge in [0, 0.05) is 25.3 Å². The number of benzene rings is 2. The molecule has 168 valence electrons. The van der Waals surface area contributed by atoms with Crippen molar-refractivity contribution in [3.63, 3.8) is 0 Å². The fourth-order valence-corrected chi connectivity index (χ4v) is 4.63. The molecule has 2 aromatic carbocycles. The number of anilines is 1. The fraction of sp³-hybridized carbons (Fsp3) is 0.375. The van der Waals surface area contributed by atoms with Crippen molar-refractivity contribution in [2.75, 3.05) is 37.7 Å². The number of para-hydroxylation sites is 1. The predicted octanol–water partition coefficient (Wildman–Crippen LogP) is 2.24. The van der Waals surface area contributed by atoms with E-state index in [2.05, 4.69) is 5.32 Å². The molecule has 8 heteroatoms. The molecule has 1 spiro atoms. The number of rotatable bonds is 5. The van der Waals surface area contributed by atoms with E-state index in [-0.39, 0.29) is 29.8 Å². The van der Waals surface area contributed by atoms with Gasteiger partial charge in [0.25, 0.3) is 11.8 Å². The number of piperidine rings is 1. The first kappa shape index (κ1) is 21.8. The summed E-state index contributed by atoms with van der Waals surface area (Å²) in [5, 5.41) is 2.74. The molecule has 4 rings (SSSR count). The SMILES string of the molecule is CCNC(=O)CN1CN(c2ccccc2)C2(CCN(C(=O)c3ccccc3F)CC2)C1=O. The molecule has 0 aromatic heterocycles. The van der Waals surface area contributed by atoms with Crippen LogP contribution in [-0.4, -0.2) is 65.9 Å². The largest absolute Gasteiger partial charge is 0.355 e. The van der Waals surface area contributed by atoms with Crippen LogP contribution in [0.5, 0.6) is 0 Å². The molecule has 2 aliphatic heterocycles. The summed E-state index contributed by atoms with van der Waals surface area (Å²) in [5.41, 5.74) is 0.104. The molecule has 2 aromatic rings. The Labute approximate surface area is 186 Å². The Hall–Kier alpha value is -3.42. The van der Waals surface area contributed by atoms with Crippen molar-refractivity contribution in [2.24, 2.45) is 0 Å². The van der Waals surface area contributed by atoms with Gasteiger partial charge in [0.1, 0.15) is 17.9 Å². The highest BCUT2D eigenvalue weighted by Gasteiger charge is 2.54. The van der Waals surface area contributed by atoms with E-state index < -0.39 is 11.4 Å². The van der Waals surface area contributed by atoms with Crippen molar-refractivity contribution < 1.29 is 18.8 Å². The monoisotopic (exact) mass is 438 g/mol. The third-order valence-electron chi connectivity index (χ3n) is 6.27. The number of nitrogens with zero attached hydrogens (tertiary/aromatic N) is 3. The van der Waals surface area contributed by atoms with E-state index in [1.165, 1.54) is 12.1 Å². The summed E-state index contributed by atoms with van der Waals surface area (Å²) in [4.78, 5) is 43.8. The van der Waals surface area contributed by atoms with Gasteiger partial charge in [0.15, 0.2) is 0 Å². The van der Waals surface area contributed by atoms with Crippen molar-refractivity contribution in [1.82, 2.24) is 15.1 Å². The molecule has 0 atom stereocenters. The van der Waals surface area contributed by atoms with Gasteiger partial charge >= 0.3 is 0 Å². The van der Waals surface area contributed by atoms with Gasteiger partial charge in [-0.15, -0.1) is 0 Å². The van der Waals surface area contributed by atoms with Gasteiger partial charge in [0.2, 0.25) is 5.91 Å². The lowest BCUT2D eigenvalue weighted by molar-refractivity contribution is -0.137. The van der Waals surface area contributed by atoms with Crippen molar-refractivity contribution >= 4 is 23.4 Å². The highest BCUT2D eigenvalue weighted by atomic mass is 19.1. The molecular formula is C24H27FN4O3. The van der Waals surface area contributed by atoms with Gasteiger partial charge in [-0.25, -0.2) is 4.39 Å². The third kappa shape index (κ3) is 3.92. The summed E-state index contributed by atoms with van der Waals surface area (Å²) in [6, 6.07) is 15.6. The molecule has 3 amide bonds. The molecule has 0 saturated carbocycles. The molecule has 32 heavy (non-hydrogen) atoms. The maximum absolute atomic E-state index is 14.1. The van der Waals surface area contributed by atoms with Gasteiger partial charge in [0.05, 0.1) is 12.2 Å². The predicted molar refractivity (Wildman–Crippen MR) is 118 cm³/mol. The number of hydrogen-bond acceptors (Lipinski definition) is 4. The lowest BCUT2D eigenvalue weighted by Crippen LogP contribution is -2.57. The molecule has 2 aliphatic rings.